The van der Waals surface area contributed by atoms with Gasteiger partial charge in [-0.15, -0.1) is 5.10 Å². The largest absolute Gasteiger partial charge is 0.378 e. The average Bonchev–Trinajstić information content (AvgIpc) is 2.81. The molecule has 22 heavy (non-hydrogen) atoms. The fourth-order valence-corrected chi connectivity index (χ4v) is 3.31. The molecule has 0 spiro atoms. The lowest BCUT2D eigenvalue weighted by atomic mass is 9.94. The van der Waals surface area contributed by atoms with Crippen molar-refractivity contribution >= 4 is 11.7 Å². The summed E-state index contributed by atoms with van der Waals surface area (Å²) >= 11 is 0. The number of nitrogens with zero attached hydrogens (tertiary/aromatic N) is 4. The Balaban J connectivity index is 1.61. The van der Waals surface area contributed by atoms with Crippen LogP contribution < -0.4 is 4.90 Å². The molecule has 1 aromatic rings. The molecule has 0 bridgehead atoms. The van der Waals surface area contributed by atoms with Gasteiger partial charge in [-0.2, -0.15) is 5.10 Å². The molecule has 2 unspecified atom stereocenters. The molecule has 3 heterocycles. The third kappa shape index (κ3) is 3.38. The van der Waals surface area contributed by atoms with Crippen molar-refractivity contribution in [1.82, 2.24) is 15.1 Å². The summed E-state index contributed by atoms with van der Waals surface area (Å²) in [4.78, 5) is 17.0. The predicted octanol–water partition coefficient (Wildman–Crippen LogP) is 1.33. The highest BCUT2D eigenvalue weighted by Crippen LogP contribution is 2.23. The Morgan fingerprint density at radius 3 is 2.95 bits per heavy atom. The van der Waals surface area contributed by atoms with E-state index in [1.807, 2.05) is 24.0 Å². The molecule has 2 fully saturated rings. The van der Waals surface area contributed by atoms with Crippen LogP contribution in [-0.2, 0) is 9.53 Å². The maximum absolute atomic E-state index is 12.8. The summed E-state index contributed by atoms with van der Waals surface area (Å²) in [5, 5.41) is 8.11. The molecule has 2 aliphatic heterocycles. The smallest absolute Gasteiger partial charge is 0.228 e. The van der Waals surface area contributed by atoms with Gasteiger partial charge < -0.3 is 14.5 Å². The summed E-state index contributed by atoms with van der Waals surface area (Å²) in [6, 6.07) is 3.87. The molecule has 3 rings (SSSR count). The third-order valence-electron chi connectivity index (χ3n) is 4.61. The van der Waals surface area contributed by atoms with Crippen LogP contribution in [0, 0.1) is 5.92 Å². The first kappa shape index (κ1) is 15.2. The Kier molecular flexibility index (Phi) is 4.87. The second-order valence-electron chi connectivity index (χ2n) is 6.07. The molecule has 1 aromatic heterocycles. The Labute approximate surface area is 131 Å². The number of hydrogen-bond donors (Lipinski definition) is 0. The van der Waals surface area contributed by atoms with Crippen molar-refractivity contribution in [3.8, 4) is 0 Å². The Morgan fingerprint density at radius 2 is 2.18 bits per heavy atom. The minimum absolute atomic E-state index is 0.0248. The molecule has 0 N–H and O–H groups in total. The Hall–Kier alpha value is -1.69. The van der Waals surface area contributed by atoms with E-state index in [4.69, 9.17) is 4.74 Å². The van der Waals surface area contributed by atoms with Crippen molar-refractivity contribution in [2.75, 3.05) is 37.7 Å². The number of carbonyl (C=O) groups excluding carboxylic acids is 1. The molecular formula is C16H24N4O2. The summed E-state index contributed by atoms with van der Waals surface area (Å²) in [7, 11) is 0. The van der Waals surface area contributed by atoms with E-state index in [1.54, 1.807) is 6.20 Å². The van der Waals surface area contributed by atoms with Crippen LogP contribution in [0.4, 0.5) is 5.82 Å². The van der Waals surface area contributed by atoms with Crippen LogP contribution >= 0.6 is 0 Å². The van der Waals surface area contributed by atoms with Crippen LogP contribution in [0.3, 0.4) is 0 Å². The van der Waals surface area contributed by atoms with Gasteiger partial charge in [0.1, 0.15) is 0 Å². The van der Waals surface area contributed by atoms with Crippen LogP contribution in [0.5, 0.6) is 0 Å². The highest BCUT2D eigenvalue weighted by atomic mass is 16.5. The van der Waals surface area contributed by atoms with Gasteiger partial charge in [-0.05, 0) is 38.3 Å². The monoisotopic (exact) mass is 304 g/mol. The van der Waals surface area contributed by atoms with Crippen LogP contribution in [0.2, 0.25) is 0 Å². The third-order valence-corrected chi connectivity index (χ3v) is 4.61. The van der Waals surface area contributed by atoms with Gasteiger partial charge in [0.25, 0.3) is 0 Å². The molecule has 2 saturated heterocycles. The highest BCUT2D eigenvalue weighted by molar-refractivity contribution is 5.79. The van der Waals surface area contributed by atoms with E-state index in [0.29, 0.717) is 0 Å². The normalized spacial score (nSPS) is 26.6. The molecular weight excluding hydrogens is 280 g/mol. The molecule has 6 heteroatoms. The molecule has 120 valence electrons. The maximum atomic E-state index is 12.8. The summed E-state index contributed by atoms with van der Waals surface area (Å²) in [5.74, 6) is 1.18. The second-order valence-corrected chi connectivity index (χ2v) is 6.07. The van der Waals surface area contributed by atoms with Gasteiger partial charge in [0.05, 0.1) is 12.0 Å². The van der Waals surface area contributed by atoms with Crippen molar-refractivity contribution in [2.45, 2.75) is 32.3 Å². The lowest BCUT2D eigenvalue weighted by molar-refractivity contribution is -0.143. The van der Waals surface area contributed by atoms with E-state index >= 15 is 0 Å². The number of aromatic nitrogens is 2. The Morgan fingerprint density at radius 1 is 1.27 bits per heavy atom. The zero-order valence-electron chi connectivity index (χ0n) is 13.1. The highest BCUT2D eigenvalue weighted by Gasteiger charge is 2.32. The lowest BCUT2D eigenvalue weighted by Crippen LogP contribution is -2.44. The molecule has 0 radical (unpaired) electrons. The Bertz CT molecular complexity index is 496. The fourth-order valence-electron chi connectivity index (χ4n) is 3.31. The van der Waals surface area contributed by atoms with Gasteiger partial charge in [0.2, 0.25) is 5.91 Å². The van der Waals surface area contributed by atoms with Gasteiger partial charge in [0, 0.05) is 39.0 Å². The molecule has 2 aliphatic rings. The van der Waals surface area contributed by atoms with E-state index in [9.17, 15) is 4.79 Å². The minimum atomic E-state index is 0.0248. The van der Waals surface area contributed by atoms with Crippen molar-refractivity contribution in [3.63, 3.8) is 0 Å². The average molecular weight is 304 g/mol. The SMILES string of the molecule is CC1OCCCC1C(=O)N1CCCN(c2cccnn2)CC1. The first-order valence-electron chi connectivity index (χ1n) is 8.19. The molecule has 2 atom stereocenters. The molecule has 6 nitrogen and oxygen atoms in total. The predicted molar refractivity (Wildman–Crippen MR) is 83.6 cm³/mol. The minimum Gasteiger partial charge on any atom is -0.378 e. The van der Waals surface area contributed by atoms with E-state index in [1.165, 1.54) is 0 Å². The van der Waals surface area contributed by atoms with Crippen molar-refractivity contribution < 1.29 is 9.53 Å². The second kappa shape index (κ2) is 7.05. The quantitative estimate of drug-likeness (QED) is 0.825. The van der Waals surface area contributed by atoms with Crippen LogP contribution in [0.25, 0.3) is 0 Å². The zero-order valence-corrected chi connectivity index (χ0v) is 13.1. The first-order valence-corrected chi connectivity index (χ1v) is 8.19. The van der Waals surface area contributed by atoms with Crippen LogP contribution in [0.1, 0.15) is 26.2 Å². The van der Waals surface area contributed by atoms with E-state index in [0.717, 1.165) is 57.9 Å². The van der Waals surface area contributed by atoms with Crippen molar-refractivity contribution in [2.24, 2.45) is 5.92 Å². The number of rotatable bonds is 2. The van der Waals surface area contributed by atoms with Gasteiger partial charge in [-0.1, -0.05) is 0 Å². The number of carbonyl (C=O) groups is 1. The number of amides is 1. The standard InChI is InChI=1S/C16H24N4O2/c1-13-14(5-3-12-22-13)16(21)20-9-4-8-19(10-11-20)15-6-2-7-17-18-15/h2,6-7,13-14H,3-5,8-12H2,1H3. The van der Waals surface area contributed by atoms with Gasteiger partial charge in [-0.3, -0.25) is 4.79 Å². The van der Waals surface area contributed by atoms with E-state index in [2.05, 4.69) is 15.1 Å². The number of hydrogen-bond acceptors (Lipinski definition) is 5. The molecule has 0 aliphatic carbocycles. The van der Waals surface area contributed by atoms with Crippen molar-refractivity contribution in [3.05, 3.63) is 18.3 Å². The summed E-state index contributed by atoms with van der Waals surface area (Å²) < 4.78 is 5.65. The molecule has 0 aromatic carbocycles. The van der Waals surface area contributed by atoms with Gasteiger partial charge in [0.15, 0.2) is 5.82 Å². The van der Waals surface area contributed by atoms with E-state index < -0.39 is 0 Å². The van der Waals surface area contributed by atoms with Gasteiger partial charge in [-0.25, -0.2) is 0 Å². The van der Waals surface area contributed by atoms with E-state index in [-0.39, 0.29) is 17.9 Å². The van der Waals surface area contributed by atoms with Crippen LogP contribution in [-0.4, -0.2) is 59.9 Å². The van der Waals surface area contributed by atoms with Crippen LogP contribution in [0.15, 0.2) is 18.3 Å². The van der Waals surface area contributed by atoms with Gasteiger partial charge >= 0.3 is 0 Å². The topological polar surface area (TPSA) is 58.6 Å². The van der Waals surface area contributed by atoms with Crippen molar-refractivity contribution in [1.29, 1.82) is 0 Å². The fraction of sp³-hybridized carbons (Fsp3) is 0.688. The zero-order chi connectivity index (χ0) is 15.4. The summed E-state index contributed by atoms with van der Waals surface area (Å²) in [5.41, 5.74) is 0. The molecule has 0 saturated carbocycles. The summed E-state index contributed by atoms with van der Waals surface area (Å²) in [6.07, 6.45) is 4.62. The number of ether oxygens (including phenoxy) is 1. The first-order chi connectivity index (χ1) is 10.8. The summed E-state index contributed by atoms with van der Waals surface area (Å²) in [6.45, 7) is 6.10. The lowest BCUT2D eigenvalue weighted by Gasteiger charge is -2.32. The number of anilines is 1. The maximum Gasteiger partial charge on any atom is 0.228 e. The molecule has 1 amide bonds.